The standard InChI is InChI=1S/C15H17ClFNO2/c16-12-9-10(17)1-2-11(12)14(19)18-13-3-4-15(13)5-7-20-8-6-15/h1-2,9,13H,3-8H2,(H,18,19). The highest BCUT2D eigenvalue weighted by Gasteiger charge is 2.48. The molecule has 1 spiro atoms. The van der Waals surface area contributed by atoms with Crippen LogP contribution in [-0.2, 0) is 4.74 Å². The lowest BCUT2D eigenvalue weighted by Gasteiger charge is -2.52. The molecule has 5 heteroatoms. The zero-order chi connectivity index (χ0) is 14.2. The molecule has 1 unspecified atom stereocenters. The Morgan fingerprint density at radius 3 is 2.70 bits per heavy atom. The highest BCUT2D eigenvalue weighted by molar-refractivity contribution is 6.33. The summed E-state index contributed by atoms with van der Waals surface area (Å²) in [7, 11) is 0. The van der Waals surface area contributed by atoms with Gasteiger partial charge in [0, 0.05) is 19.3 Å². The summed E-state index contributed by atoms with van der Waals surface area (Å²) in [6.45, 7) is 1.54. The summed E-state index contributed by atoms with van der Waals surface area (Å²) in [5.41, 5.74) is 0.530. The van der Waals surface area contributed by atoms with E-state index in [2.05, 4.69) is 5.32 Å². The SMILES string of the molecule is O=C(NC1CCC12CCOCC2)c1ccc(F)cc1Cl. The van der Waals surface area contributed by atoms with E-state index in [0.29, 0.717) is 5.56 Å². The number of nitrogens with one attached hydrogen (secondary N) is 1. The molecule has 1 saturated carbocycles. The Hall–Kier alpha value is -1.13. The molecule has 0 aromatic heterocycles. The second-order valence-corrected chi connectivity index (χ2v) is 6.07. The van der Waals surface area contributed by atoms with Gasteiger partial charge in [-0.3, -0.25) is 4.79 Å². The smallest absolute Gasteiger partial charge is 0.253 e. The Balaban J connectivity index is 1.70. The van der Waals surface area contributed by atoms with E-state index in [1.54, 1.807) is 0 Å². The number of benzene rings is 1. The second kappa shape index (κ2) is 5.34. The van der Waals surface area contributed by atoms with E-state index in [9.17, 15) is 9.18 Å². The summed E-state index contributed by atoms with van der Waals surface area (Å²) < 4.78 is 18.4. The highest BCUT2D eigenvalue weighted by Crippen LogP contribution is 2.48. The molecule has 0 radical (unpaired) electrons. The molecule has 3 rings (SSSR count). The van der Waals surface area contributed by atoms with Crippen molar-refractivity contribution in [3.63, 3.8) is 0 Å². The molecule has 1 heterocycles. The number of halogens is 2. The van der Waals surface area contributed by atoms with Crippen LogP contribution in [-0.4, -0.2) is 25.2 Å². The quantitative estimate of drug-likeness (QED) is 0.910. The van der Waals surface area contributed by atoms with Gasteiger partial charge in [0.15, 0.2) is 0 Å². The van der Waals surface area contributed by atoms with Crippen LogP contribution in [0.4, 0.5) is 4.39 Å². The molecular formula is C15H17ClFNO2. The molecule has 1 aromatic rings. The minimum atomic E-state index is -0.434. The fraction of sp³-hybridized carbons (Fsp3) is 0.533. The van der Waals surface area contributed by atoms with Crippen molar-refractivity contribution in [2.45, 2.75) is 31.7 Å². The fourth-order valence-corrected chi connectivity index (χ4v) is 3.46. The van der Waals surface area contributed by atoms with Gasteiger partial charge in [0.05, 0.1) is 10.6 Å². The molecule has 3 nitrogen and oxygen atoms in total. The van der Waals surface area contributed by atoms with Crippen molar-refractivity contribution in [2.24, 2.45) is 5.41 Å². The van der Waals surface area contributed by atoms with Crippen molar-refractivity contribution in [1.82, 2.24) is 5.32 Å². The van der Waals surface area contributed by atoms with Crippen molar-refractivity contribution in [3.8, 4) is 0 Å². The van der Waals surface area contributed by atoms with Gasteiger partial charge >= 0.3 is 0 Å². The van der Waals surface area contributed by atoms with Gasteiger partial charge in [-0.15, -0.1) is 0 Å². The third-order valence-corrected chi connectivity index (χ3v) is 4.95. The van der Waals surface area contributed by atoms with Gasteiger partial charge in [-0.1, -0.05) is 11.6 Å². The summed E-state index contributed by atoms with van der Waals surface area (Å²) in [6, 6.07) is 4.04. The Morgan fingerprint density at radius 1 is 1.35 bits per heavy atom. The van der Waals surface area contributed by atoms with Crippen LogP contribution in [0.2, 0.25) is 5.02 Å². The number of rotatable bonds is 2. The third-order valence-electron chi connectivity index (χ3n) is 4.64. The first-order valence-electron chi connectivity index (χ1n) is 6.94. The summed E-state index contributed by atoms with van der Waals surface area (Å²) in [5, 5.41) is 3.21. The molecule has 2 aliphatic rings. The summed E-state index contributed by atoms with van der Waals surface area (Å²) in [6.07, 6.45) is 4.12. The Kier molecular flexibility index (Phi) is 3.69. The maximum absolute atomic E-state index is 13.0. The van der Waals surface area contributed by atoms with Gasteiger partial charge in [-0.2, -0.15) is 0 Å². The maximum atomic E-state index is 13.0. The zero-order valence-electron chi connectivity index (χ0n) is 11.1. The van der Waals surface area contributed by atoms with Crippen LogP contribution in [0.3, 0.4) is 0 Å². The molecule has 1 N–H and O–H groups in total. The molecule has 1 aliphatic heterocycles. The van der Waals surface area contributed by atoms with Crippen LogP contribution in [0, 0.1) is 11.2 Å². The Labute approximate surface area is 122 Å². The van der Waals surface area contributed by atoms with Crippen molar-refractivity contribution in [2.75, 3.05) is 13.2 Å². The molecule has 20 heavy (non-hydrogen) atoms. The zero-order valence-corrected chi connectivity index (χ0v) is 11.9. The maximum Gasteiger partial charge on any atom is 0.253 e. The lowest BCUT2D eigenvalue weighted by atomic mass is 9.60. The molecule has 1 aromatic carbocycles. The van der Waals surface area contributed by atoms with E-state index in [1.807, 2.05) is 0 Å². The van der Waals surface area contributed by atoms with Gasteiger partial charge in [-0.25, -0.2) is 4.39 Å². The number of hydrogen-bond donors (Lipinski definition) is 1. The van der Waals surface area contributed by atoms with E-state index in [1.165, 1.54) is 18.2 Å². The molecule has 1 atom stereocenters. The van der Waals surface area contributed by atoms with E-state index >= 15 is 0 Å². The predicted octanol–water partition coefficient (Wildman–Crippen LogP) is 3.17. The topological polar surface area (TPSA) is 38.3 Å². The van der Waals surface area contributed by atoms with Gasteiger partial charge in [-0.05, 0) is 49.3 Å². The molecule has 108 valence electrons. The van der Waals surface area contributed by atoms with Crippen LogP contribution in [0.25, 0.3) is 0 Å². The molecule has 1 aliphatic carbocycles. The average Bonchev–Trinajstić information content (AvgIpc) is 2.44. The monoisotopic (exact) mass is 297 g/mol. The molecular weight excluding hydrogens is 281 g/mol. The minimum absolute atomic E-state index is 0.155. The first-order chi connectivity index (χ1) is 9.61. The Morgan fingerprint density at radius 2 is 2.10 bits per heavy atom. The number of ether oxygens (including phenoxy) is 1. The average molecular weight is 298 g/mol. The van der Waals surface area contributed by atoms with Crippen LogP contribution >= 0.6 is 11.6 Å². The van der Waals surface area contributed by atoms with Crippen molar-refractivity contribution >= 4 is 17.5 Å². The van der Waals surface area contributed by atoms with Gasteiger partial charge in [0.1, 0.15) is 5.82 Å². The largest absolute Gasteiger partial charge is 0.381 e. The van der Waals surface area contributed by atoms with E-state index in [-0.39, 0.29) is 22.4 Å². The summed E-state index contributed by atoms with van der Waals surface area (Å²) in [4.78, 5) is 12.3. The minimum Gasteiger partial charge on any atom is -0.381 e. The van der Waals surface area contributed by atoms with E-state index in [4.69, 9.17) is 16.3 Å². The van der Waals surface area contributed by atoms with Crippen molar-refractivity contribution < 1.29 is 13.9 Å². The summed E-state index contributed by atoms with van der Waals surface area (Å²) >= 11 is 5.93. The first-order valence-corrected chi connectivity index (χ1v) is 7.32. The lowest BCUT2D eigenvalue weighted by molar-refractivity contribution is -0.0523. The lowest BCUT2D eigenvalue weighted by Crippen LogP contribution is -2.57. The van der Waals surface area contributed by atoms with Gasteiger partial charge < -0.3 is 10.1 Å². The van der Waals surface area contributed by atoms with Crippen LogP contribution in [0.5, 0.6) is 0 Å². The molecule has 1 saturated heterocycles. The molecule has 2 fully saturated rings. The van der Waals surface area contributed by atoms with Gasteiger partial charge in [0.2, 0.25) is 0 Å². The number of hydrogen-bond acceptors (Lipinski definition) is 2. The number of carbonyl (C=O) groups excluding carboxylic acids is 1. The summed E-state index contributed by atoms with van der Waals surface area (Å²) in [5.74, 6) is -0.651. The fourth-order valence-electron chi connectivity index (χ4n) is 3.21. The van der Waals surface area contributed by atoms with Crippen molar-refractivity contribution in [3.05, 3.63) is 34.6 Å². The van der Waals surface area contributed by atoms with Crippen molar-refractivity contribution in [1.29, 1.82) is 0 Å². The van der Waals surface area contributed by atoms with E-state index in [0.717, 1.165) is 38.9 Å². The predicted molar refractivity (Wildman–Crippen MR) is 74.4 cm³/mol. The van der Waals surface area contributed by atoms with Crippen LogP contribution < -0.4 is 5.32 Å². The normalized spacial score (nSPS) is 24.2. The highest BCUT2D eigenvalue weighted by atomic mass is 35.5. The second-order valence-electron chi connectivity index (χ2n) is 5.66. The number of amides is 1. The van der Waals surface area contributed by atoms with Crippen LogP contribution in [0.15, 0.2) is 18.2 Å². The third kappa shape index (κ3) is 2.42. The molecule has 0 bridgehead atoms. The number of carbonyl (C=O) groups is 1. The van der Waals surface area contributed by atoms with Crippen LogP contribution in [0.1, 0.15) is 36.0 Å². The van der Waals surface area contributed by atoms with E-state index < -0.39 is 5.82 Å². The van der Waals surface area contributed by atoms with Gasteiger partial charge in [0.25, 0.3) is 5.91 Å². The Bertz CT molecular complexity index is 529. The molecule has 1 amide bonds. The first kappa shape index (κ1) is 13.8.